The molecule has 0 rings (SSSR count). The summed E-state index contributed by atoms with van der Waals surface area (Å²) >= 11 is 0. The molecule has 1 heteroatoms. The van der Waals surface area contributed by atoms with Crippen LogP contribution < -0.4 is 0 Å². The average Bonchev–Trinajstić information content (AvgIpc) is 2.00. The Labute approximate surface area is 95.0 Å². The monoisotopic (exact) mass is 207 g/mol. The maximum atomic E-state index is 4.15. The van der Waals surface area contributed by atoms with Crippen molar-refractivity contribution in [3.05, 3.63) is 23.9 Å². The summed E-state index contributed by atoms with van der Waals surface area (Å²) in [5, 5.41) is 0. The predicted molar refractivity (Wildman–Crippen MR) is 70.3 cm³/mol. The zero-order valence-corrected chi connectivity index (χ0v) is 11.3. The second kappa shape index (κ2) is 4.78. The molecule has 0 spiro atoms. The molecule has 1 nitrogen and oxygen atoms in total. The Bertz CT molecular complexity index is 279. The molecule has 0 aromatic rings. The van der Waals surface area contributed by atoms with Gasteiger partial charge in [-0.15, -0.1) is 0 Å². The first-order valence-corrected chi connectivity index (χ1v) is 5.46. The molecule has 0 amide bonds. The summed E-state index contributed by atoms with van der Waals surface area (Å²) in [6.07, 6.45) is 3.52. The predicted octanol–water partition coefficient (Wildman–Crippen LogP) is 4.61. The molecule has 0 N–H and O–H groups in total. The average molecular weight is 207 g/mol. The van der Waals surface area contributed by atoms with Crippen molar-refractivity contribution in [2.45, 2.75) is 48.5 Å². The Hall–Kier alpha value is -0.850. The Morgan fingerprint density at radius 1 is 1.00 bits per heavy atom. The van der Waals surface area contributed by atoms with Crippen LogP contribution in [0.1, 0.15) is 48.5 Å². The van der Waals surface area contributed by atoms with Crippen molar-refractivity contribution >= 4 is 6.21 Å². The number of hydrogen-bond acceptors (Lipinski definition) is 1. The molecule has 0 heterocycles. The lowest BCUT2D eigenvalue weighted by Crippen LogP contribution is -2.19. The van der Waals surface area contributed by atoms with E-state index in [0.29, 0.717) is 0 Å². The molecule has 0 bridgehead atoms. The van der Waals surface area contributed by atoms with Gasteiger partial charge in [0.2, 0.25) is 0 Å². The minimum absolute atomic E-state index is 0.129. The van der Waals surface area contributed by atoms with Crippen LogP contribution in [-0.2, 0) is 0 Å². The van der Waals surface area contributed by atoms with E-state index in [9.17, 15) is 0 Å². The van der Waals surface area contributed by atoms with Crippen LogP contribution in [0.25, 0.3) is 0 Å². The largest absolute Gasteiger partial charge is 0.265 e. The minimum atomic E-state index is 0.129. The lowest BCUT2D eigenvalue weighted by Gasteiger charge is -2.29. The lowest BCUT2D eigenvalue weighted by molar-refractivity contribution is 0.460. The molecule has 0 atom stereocenters. The highest BCUT2D eigenvalue weighted by Gasteiger charge is 2.23. The Morgan fingerprint density at radius 2 is 1.47 bits per heavy atom. The molecular weight excluding hydrogens is 182 g/mol. The highest BCUT2D eigenvalue weighted by Crippen LogP contribution is 2.35. The number of rotatable bonds is 2. The summed E-state index contributed by atoms with van der Waals surface area (Å²) in [6.45, 7) is 19.1. The van der Waals surface area contributed by atoms with E-state index in [4.69, 9.17) is 0 Å². The summed E-state index contributed by atoms with van der Waals surface area (Å²) in [6, 6.07) is 0. The van der Waals surface area contributed by atoms with Gasteiger partial charge in [0.1, 0.15) is 0 Å². The summed E-state index contributed by atoms with van der Waals surface area (Å²) in [5.41, 5.74) is 3.01. The van der Waals surface area contributed by atoms with Crippen LogP contribution in [0.4, 0.5) is 0 Å². The SMILES string of the molecule is C=CN=C/C(=C(\C)C(C)(C)C)C(C)(C)C. The van der Waals surface area contributed by atoms with Gasteiger partial charge in [0.15, 0.2) is 0 Å². The normalized spacial score (nSPS) is 15.4. The van der Waals surface area contributed by atoms with E-state index >= 15 is 0 Å². The Kier molecular flexibility index (Phi) is 4.51. The maximum absolute atomic E-state index is 4.15. The fraction of sp³-hybridized carbons (Fsp3) is 0.643. The van der Waals surface area contributed by atoms with Gasteiger partial charge in [-0.1, -0.05) is 53.7 Å². The molecule has 0 aliphatic rings. The van der Waals surface area contributed by atoms with Gasteiger partial charge in [-0.2, -0.15) is 0 Å². The molecule has 86 valence electrons. The van der Waals surface area contributed by atoms with Crippen molar-refractivity contribution in [2.24, 2.45) is 15.8 Å². The van der Waals surface area contributed by atoms with Crippen molar-refractivity contribution < 1.29 is 0 Å². The Balaban J connectivity index is 5.47. The van der Waals surface area contributed by atoms with Crippen LogP contribution >= 0.6 is 0 Å². The summed E-state index contributed by atoms with van der Waals surface area (Å²) in [7, 11) is 0. The quantitative estimate of drug-likeness (QED) is 0.586. The number of hydrogen-bond donors (Lipinski definition) is 0. The maximum Gasteiger partial charge on any atom is 0.0304 e. The van der Waals surface area contributed by atoms with E-state index in [1.807, 2.05) is 6.21 Å². The van der Waals surface area contributed by atoms with E-state index in [2.05, 4.69) is 60.0 Å². The van der Waals surface area contributed by atoms with Crippen LogP contribution in [0.15, 0.2) is 28.9 Å². The topological polar surface area (TPSA) is 12.4 Å². The third-order valence-electron chi connectivity index (χ3n) is 2.65. The van der Waals surface area contributed by atoms with Crippen molar-refractivity contribution in [1.29, 1.82) is 0 Å². The van der Waals surface area contributed by atoms with Gasteiger partial charge in [0.25, 0.3) is 0 Å². The summed E-state index contributed by atoms with van der Waals surface area (Å²) in [4.78, 5) is 4.15. The van der Waals surface area contributed by atoms with E-state index in [1.165, 1.54) is 11.1 Å². The third kappa shape index (κ3) is 4.46. The van der Waals surface area contributed by atoms with Crippen molar-refractivity contribution in [3.8, 4) is 0 Å². The van der Waals surface area contributed by atoms with Crippen molar-refractivity contribution in [3.63, 3.8) is 0 Å². The first kappa shape index (κ1) is 14.2. The van der Waals surface area contributed by atoms with Gasteiger partial charge >= 0.3 is 0 Å². The third-order valence-corrected chi connectivity index (χ3v) is 2.65. The Morgan fingerprint density at radius 3 is 1.73 bits per heavy atom. The number of allylic oxidation sites excluding steroid dienone is 2. The first-order valence-electron chi connectivity index (χ1n) is 5.46. The molecule has 0 aromatic carbocycles. The summed E-state index contributed by atoms with van der Waals surface area (Å²) < 4.78 is 0. The molecule has 0 aliphatic heterocycles. The second-order valence-corrected chi connectivity index (χ2v) is 6.00. The van der Waals surface area contributed by atoms with Crippen LogP contribution in [0.2, 0.25) is 0 Å². The van der Waals surface area contributed by atoms with Crippen LogP contribution in [0.3, 0.4) is 0 Å². The van der Waals surface area contributed by atoms with E-state index in [0.717, 1.165) is 0 Å². The van der Waals surface area contributed by atoms with E-state index < -0.39 is 0 Å². The zero-order chi connectivity index (χ0) is 12.3. The highest BCUT2D eigenvalue weighted by atomic mass is 14.7. The first-order chi connectivity index (χ1) is 6.60. The fourth-order valence-electron chi connectivity index (χ4n) is 1.38. The smallest absolute Gasteiger partial charge is 0.0304 e. The molecule has 15 heavy (non-hydrogen) atoms. The molecule has 0 unspecified atom stereocenters. The molecule has 0 saturated heterocycles. The number of nitrogens with zero attached hydrogens (tertiary/aromatic N) is 1. The van der Waals surface area contributed by atoms with Crippen LogP contribution in [0.5, 0.6) is 0 Å². The van der Waals surface area contributed by atoms with Gasteiger partial charge in [-0.3, -0.25) is 4.99 Å². The standard InChI is InChI=1S/C14H25N/c1-9-15-10-12(14(6,7)8)11(2)13(3,4)5/h9-10H,1H2,2-8H3/b12-11-,15-10?. The molecule has 0 fully saturated rings. The zero-order valence-electron chi connectivity index (χ0n) is 11.3. The van der Waals surface area contributed by atoms with Crippen molar-refractivity contribution in [1.82, 2.24) is 0 Å². The number of aliphatic imine (C=N–C) groups is 1. The molecule has 0 aliphatic carbocycles. The van der Waals surface area contributed by atoms with Gasteiger partial charge in [0.05, 0.1) is 0 Å². The highest BCUT2D eigenvalue weighted by molar-refractivity contribution is 5.82. The molecule has 0 radical (unpaired) electrons. The van der Waals surface area contributed by atoms with Gasteiger partial charge < -0.3 is 0 Å². The van der Waals surface area contributed by atoms with Gasteiger partial charge in [0, 0.05) is 12.4 Å². The van der Waals surface area contributed by atoms with Crippen LogP contribution in [-0.4, -0.2) is 6.21 Å². The fourth-order valence-corrected chi connectivity index (χ4v) is 1.38. The van der Waals surface area contributed by atoms with E-state index in [-0.39, 0.29) is 10.8 Å². The lowest BCUT2D eigenvalue weighted by atomic mass is 9.76. The molecular formula is C14H25N. The van der Waals surface area contributed by atoms with Crippen molar-refractivity contribution in [2.75, 3.05) is 0 Å². The van der Waals surface area contributed by atoms with Crippen LogP contribution in [0, 0.1) is 10.8 Å². The van der Waals surface area contributed by atoms with Gasteiger partial charge in [-0.05, 0) is 23.3 Å². The molecule has 0 aromatic heterocycles. The van der Waals surface area contributed by atoms with Gasteiger partial charge in [-0.25, -0.2) is 0 Å². The second-order valence-electron chi connectivity index (χ2n) is 6.00. The summed E-state index contributed by atoms with van der Waals surface area (Å²) in [5.74, 6) is 0. The van der Waals surface area contributed by atoms with E-state index in [1.54, 1.807) is 6.20 Å². The minimum Gasteiger partial charge on any atom is -0.265 e. The molecule has 0 saturated carbocycles.